The van der Waals surface area contributed by atoms with E-state index in [0.717, 1.165) is 13.1 Å². The van der Waals surface area contributed by atoms with Crippen LogP contribution in [0.1, 0.15) is 6.92 Å². The van der Waals surface area contributed by atoms with Gasteiger partial charge in [0.2, 0.25) is 0 Å². The largest absolute Gasteiger partial charge is 0.379 e. The summed E-state index contributed by atoms with van der Waals surface area (Å²) in [6.07, 6.45) is 0. The molecule has 2 aromatic rings. The summed E-state index contributed by atoms with van der Waals surface area (Å²) in [5, 5.41) is 0.547. The lowest BCUT2D eigenvalue weighted by Crippen LogP contribution is -2.47. The molecule has 1 N–H and O–H groups in total. The molecule has 1 aromatic carbocycles. The summed E-state index contributed by atoms with van der Waals surface area (Å²) in [6, 6.07) is 7.21. The van der Waals surface area contributed by atoms with Crippen LogP contribution in [0.4, 0.5) is 0 Å². The van der Waals surface area contributed by atoms with Crippen LogP contribution < -0.4 is 11.2 Å². The molecule has 0 unspecified atom stereocenters. The maximum Gasteiger partial charge on any atom is 0.328 e. The summed E-state index contributed by atoms with van der Waals surface area (Å²) >= 11 is 0. The number of rotatable bonds is 3. The third kappa shape index (κ3) is 2.77. The average molecular weight is 289 g/mol. The summed E-state index contributed by atoms with van der Waals surface area (Å²) in [5.41, 5.74) is 0.0102. The normalized spacial score (nSPS) is 18.0. The van der Waals surface area contributed by atoms with Gasteiger partial charge in [-0.3, -0.25) is 14.3 Å². The summed E-state index contributed by atoms with van der Waals surface area (Å²) in [6.45, 7) is 5.49. The molecule has 0 bridgehead atoms. The third-order valence-corrected chi connectivity index (χ3v) is 4.01. The Morgan fingerprint density at radius 3 is 2.71 bits per heavy atom. The molecular weight excluding hydrogens is 270 g/mol. The van der Waals surface area contributed by atoms with Crippen LogP contribution in [0.5, 0.6) is 0 Å². The Bertz CT molecular complexity index is 744. The van der Waals surface area contributed by atoms with Crippen molar-refractivity contribution >= 4 is 10.9 Å². The highest BCUT2D eigenvalue weighted by molar-refractivity contribution is 5.76. The number of fused-ring (bicyclic) bond motifs is 1. The SMILES string of the molecule is C[C@@H](Cn1c(=O)[nH]c2ccccc2c1=O)N1CCOCC1. The highest BCUT2D eigenvalue weighted by atomic mass is 16.5. The molecule has 1 atom stereocenters. The van der Waals surface area contributed by atoms with Gasteiger partial charge >= 0.3 is 5.69 Å². The molecule has 0 spiro atoms. The highest BCUT2D eigenvalue weighted by Crippen LogP contribution is 2.06. The Morgan fingerprint density at radius 1 is 1.24 bits per heavy atom. The molecule has 0 saturated carbocycles. The quantitative estimate of drug-likeness (QED) is 0.889. The molecule has 1 aliphatic rings. The van der Waals surface area contributed by atoms with E-state index in [1.54, 1.807) is 24.3 Å². The lowest BCUT2D eigenvalue weighted by molar-refractivity contribution is 0.0165. The maximum atomic E-state index is 12.5. The number of aromatic amines is 1. The first-order chi connectivity index (χ1) is 10.2. The molecule has 1 aromatic heterocycles. The number of benzene rings is 1. The summed E-state index contributed by atoms with van der Waals surface area (Å²) < 4.78 is 6.62. The molecule has 3 rings (SSSR count). The summed E-state index contributed by atoms with van der Waals surface area (Å²) in [7, 11) is 0. The molecule has 112 valence electrons. The number of hydrogen-bond acceptors (Lipinski definition) is 4. The Morgan fingerprint density at radius 2 is 1.95 bits per heavy atom. The van der Waals surface area contributed by atoms with Crippen LogP contribution in [0.25, 0.3) is 10.9 Å². The minimum Gasteiger partial charge on any atom is -0.379 e. The standard InChI is InChI=1S/C15H19N3O3/c1-11(17-6-8-21-9-7-17)10-18-14(19)12-4-2-3-5-13(12)16-15(18)20/h2-5,11H,6-10H2,1H3,(H,16,20)/t11-/m0/s1. The molecule has 1 fully saturated rings. The van der Waals surface area contributed by atoms with Crippen molar-refractivity contribution in [3.8, 4) is 0 Å². The smallest absolute Gasteiger partial charge is 0.328 e. The molecular formula is C15H19N3O3. The minimum atomic E-state index is -0.348. The Balaban J connectivity index is 1.93. The van der Waals surface area contributed by atoms with Gasteiger partial charge in [0.05, 0.1) is 24.1 Å². The van der Waals surface area contributed by atoms with E-state index in [2.05, 4.69) is 9.88 Å². The summed E-state index contributed by atoms with van der Waals surface area (Å²) in [4.78, 5) is 29.6. The van der Waals surface area contributed by atoms with Gasteiger partial charge in [0, 0.05) is 25.7 Å². The van der Waals surface area contributed by atoms with Crippen LogP contribution in [0.15, 0.2) is 33.9 Å². The van der Waals surface area contributed by atoms with Crippen LogP contribution in [0.2, 0.25) is 0 Å². The van der Waals surface area contributed by atoms with E-state index < -0.39 is 0 Å². The number of H-pyrrole nitrogens is 1. The fraction of sp³-hybridized carbons (Fsp3) is 0.467. The minimum absolute atomic E-state index is 0.119. The van der Waals surface area contributed by atoms with E-state index in [4.69, 9.17) is 4.74 Å². The van der Waals surface area contributed by atoms with E-state index in [1.807, 2.05) is 6.92 Å². The van der Waals surface area contributed by atoms with Crippen molar-refractivity contribution in [3.63, 3.8) is 0 Å². The molecule has 0 amide bonds. The zero-order chi connectivity index (χ0) is 14.8. The fourth-order valence-electron chi connectivity index (χ4n) is 2.76. The van der Waals surface area contributed by atoms with Crippen molar-refractivity contribution in [3.05, 3.63) is 45.1 Å². The average Bonchev–Trinajstić information content (AvgIpc) is 2.52. The van der Waals surface area contributed by atoms with E-state index in [-0.39, 0.29) is 17.3 Å². The van der Waals surface area contributed by atoms with Gasteiger partial charge in [-0.1, -0.05) is 12.1 Å². The van der Waals surface area contributed by atoms with Crippen LogP contribution in [0.3, 0.4) is 0 Å². The molecule has 1 saturated heterocycles. The zero-order valence-electron chi connectivity index (χ0n) is 12.0. The van der Waals surface area contributed by atoms with Crippen LogP contribution in [-0.4, -0.2) is 46.8 Å². The molecule has 21 heavy (non-hydrogen) atoms. The predicted molar refractivity (Wildman–Crippen MR) is 80.7 cm³/mol. The van der Waals surface area contributed by atoms with Crippen molar-refractivity contribution in [1.82, 2.24) is 14.5 Å². The van der Waals surface area contributed by atoms with Crippen molar-refractivity contribution in [2.24, 2.45) is 0 Å². The van der Waals surface area contributed by atoms with Crippen LogP contribution in [-0.2, 0) is 11.3 Å². The monoisotopic (exact) mass is 289 g/mol. The first-order valence-electron chi connectivity index (χ1n) is 7.20. The number of ether oxygens (including phenoxy) is 1. The van der Waals surface area contributed by atoms with Crippen molar-refractivity contribution in [2.45, 2.75) is 19.5 Å². The van der Waals surface area contributed by atoms with Gasteiger partial charge < -0.3 is 9.72 Å². The Hall–Kier alpha value is -1.92. The molecule has 1 aliphatic heterocycles. The second kappa shape index (κ2) is 5.83. The number of nitrogens with one attached hydrogen (secondary N) is 1. The zero-order valence-corrected chi connectivity index (χ0v) is 12.0. The number of hydrogen-bond donors (Lipinski definition) is 1. The highest BCUT2D eigenvalue weighted by Gasteiger charge is 2.19. The van der Waals surface area contributed by atoms with E-state index in [0.29, 0.717) is 30.7 Å². The van der Waals surface area contributed by atoms with Gasteiger partial charge in [-0.2, -0.15) is 0 Å². The lowest BCUT2D eigenvalue weighted by Gasteiger charge is -2.32. The lowest BCUT2D eigenvalue weighted by atomic mass is 10.2. The predicted octanol–water partition coefficient (Wildman–Crippen LogP) is 0.410. The maximum absolute atomic E-state index is 12.5. The number of nitrogens with zero attached hydrogens (tertiary/aromatic N) is 2. The van der Waals surface area contributed by atoms with Gasteiger partial charge in [-0.15, -0.1) is 0 Å². The van der Waals surface area contributed by atoms with Crippen LogP contribution in [0, 0.1) is 0 Å². The van der Waals surface area contributed by atoms with Gasteiger partial charge in [0.1, 0.15) is 0 Å². The second-order valence-electron chi connectivity index (χ2n) is 5.39. The second-order valence-corrected chi connectivity index (χ2v) is 5.39. The van der Waals surface area contributed by atoms with Gasteiger partial charge in [-0.05, 0) is 19.1 Å². The number of morpholine rings is 1. The molecule has 6 heteroatoms. The van der Waals surface area contributed by atoms with Crippen molar-refractivity contribution in [2.75, 3.05) is 26.3 Å². The molecule has 6 nitrogen and oxygen atoms in total. The van der Waals surface area contributed by atoms with Crippen LogP contribution >= 0.6 is 0 Å². The fourth-order valence-corrected chi connectivity index (χ4v) is 2.76. The van der Waals surface area contributed by atoms with Crippen molar-refractivity contribution < 1.29 is 4.74 Å². The van der Waals surface area contributed by atoms with E-state index >= 15 is 0 Å². The van der Waals surface area contributed by atoms with E-state index in [1.165, 1.54) is 4.57 Å². The molecule has 2 heterocycles. The number of para-hydroxylation sites is 1. The molecule has 0 aliphatic carbocycles. The Labute approximate surface area is 122 Å². The van der Waals surface area contributed by atoms with Crippen molar-refractivity contribution in [1.29, 1.82) is 0 Å². The first-order valence-corrected chi connectivity index (χ1v) is 7.20. The topological polar surface area (TPSA) is 67.3 Å². The number of aromatic nitrogens is 2. The van der Waals surface area contributed by atoms with E-state index in [9.17, 15) is 9.59 Å². The van der Waals surface area contributed by atoms with Gasteiger partial charge in [-0.25, -0.2) is 4.79 Å². The summed E-state index contributed by atoms with van der Waals surface area (Å²) in [5.74, 6) is 0. The first kappa shape index (κ1) is 14.0. The van der Waals surface area contributed by atoms with Gasteiger partial charge in [0.25, 0.3) is 5.56 Å². The third-order valence-electron chi connectivity index (χ3n) is 4.01. The van der Waals surface area contributed by atoms with Gasteiger partial charge in [0.15, 0.2) is 0 Å². The molecule has 0 radical (unpaired) electrons. The Kier molecular flexibility index (Phi) is 3.90.